The zero-order valence-electron chi connectivity index (χ0n) is 20.8. The van der Waals surface area contributed by atoms with Gasteiger partial charge in [0.25, 0.3) is 11.8 Å². The second-order valence-corrected chi connectivity index (χ2v) is 9.61. The number of hydrogen-bond acceptors (Lipinski definition) is 6. The highest BCUT2D eigenvalue weighted by Gasteiger charge is 2.38. The molecule has 5 rings (SSSR count). The molecule has 0 radical (unpaired) electrons. The Hall–Kier alpha value is -4.02. The normalized spacial score (nSPS) is 17.7. The van der Waals surface area contributed by atoms with E-state index in [1.165, 1.54) is 6.07 Å². The molecule has 1 atom stereocenters. The third-order valence-corrected chi connectivity index (χ3v) is 7.36. The van der Waals surface area contributed by atoms with Crippen molar-refractivity contribution < 1.29 is 22.8 Å². The number of aryl methyl sites for hydroxylation is 1. The number of pyridine rings is 1. The van der Waals surface area contributed by atoms with Gasteiger partial charge in [0.05, 0.1) is 29.7 Å². The van der Waals surface area contributed by atoms with Crippen LogP contribution in [0.1, 0.15) is 62.8 Å². The van der Waals surface area contributed by atoms with E-state index in [0.717, 1.165) is 55.0 Å². The number of rotatable bonds is 5. The van der Waals surface area contributed by atoms with Crippen LogP contribution in [0.5, 0.6) is 0 Å². The van der Waals surface area contributed by atoms with Gasteiger partial charge in [-0.2, -0.15) is 23.4 Å². The highest BCUT2D eigenvalue weighted by Crippen LogP contribution is 2.34. The predicted octanol–water partition coefficient (Wildman–Crippen LogP) is 4.05. The number of amides is 2. The molecule has 1 N–H and O–H groups in total. The fourth-order valence-corrected chi connectivity index (χ4v) is 5.29. The van der Waals surface area contributed by atoms with Crippen molar-refractivity contribution in [1.82, 2.24) is 25.4 Å². The molecule has 2 amide bonds. The minimum absolute atomic E-state index is 0.0728. The summed E-state index contributed by atoms with van der Waals surface area (Å²) < 4.78 is 40.0. The van der Waals surface area contributed by atoms with Crippen molar-refractivity contribution in [2.45, 2.75) is 43.9 Å². The number of anilines is 1. The number of alkyl halides is 3. The number of carbonyl (C=O) groups excluding carboxylic acids is 2. The molecule has 11 heteroatoms. The van der Waals surface area contributed by atoms with Crippen molar-refractivity contribution in [2.24, 2.45) is 0 Å². The molecule has 1 aliphatic carbocycles. The molecule has 38 heavy (non-hydrogen) atoms. The van der Waals surface area contributed by atoms with Crippen LogP contribution < -0.4 is 10.2 Å². The average Bonchev–Trinajstić information content (AvgIpc) is 3.34. The Morgan fingerprint density at radius 3 is 2.55 bits per heavy atom. The van der Waals surface area contributed by atoms with Gasteiger partial charge in [0.15, 0.2) is 5.69 Å². The van der Waals surface area contributed by atoms with E-state index in [0.29, 0.717) is 18.4 Å². The molecule has 1 saturated heterocycles. The molecule has 8 nitrogen and oxygen atoms in total. The predicted molar refractivity (Wildman–Crippen MR) is 134 cm³/mol. The Morgan fingerprint density at radius 2 is 1.84 bits per heavy atom. The van der Waals surface area contributed by atoms with Gasteiger partial charge < -0.3 is 15.1 Å². The van der Waals surface area contributed by atoms with Crippen LogP contribution in [-0.2, 0) is 12.6 Å². The molecule has 1 fully saturated rings. The van der Waals surface area contributed by atoms with Gasteiger partial charge in [0.2, 0.25) is 0 Å². The van der Waals surface area contributed by atoms with Crippen molar-refractivity contribution in [2.75, 3.05) is 25.0 Å². The minimum Gasteiger partial charge on any atom is -0.370 e. The minimum atomic E-state index is -4.74. The summed E-state index contributed by atoms with van der Waals surface area (Å²) in [6, 6.07) is 9.33. The Morgan fingerprint density at radius 1 is 1.05 bits per heavy atom. The molecule has 3 aromatic rings. The Labute approximate surface area is 217 Å². The lowest BCUT2D eigenvalue weighted by Gasteiger charge is -2.37. The van der Waals surface area contributed by atoms with Gasteiger partial charge in [-0.15, -0.1) is 0 Å². The maximum Gasteiger partial charge on any atom is 0.434 e. The van der Waals surface area contributed by atoms with Crippen molar-refractivity contribution >= 4 is 17.5 Å². The van der Waals surface area contributed by atoms with Gasteiger partial charge in [-0.25, -0.2) is 0 Å². The van der Waals surface area contributed by atoms with E-state index in [4.69, 9.17) is 0 Å². The van der Waals surface area contributed by atoms with E-state index in [9.17, 15) is 22.8 Å². The van der Waals surface area contributed by atoms with Crippen LogP contribution in [0.4, 0.5) is 18.9 Å². The van der Waals surface area contributed by atoms with Gasteiger partial charge in [-0.1, -0.05) is 6.07 Å². The topological polar surface area (TPSA) is 91.3 Å². The standard InChI is InChI=1S/C27H27F3N6O2/c1-35(19-9-13-36(14-10-19)20-8-12-32-33-16-20)26(38)18-5-4-17-6-7-23(22(17)15-18)34-25(37)21-3-2-11-31-24(21)27(28,29)30/h2-5,8,11-12,15-16,19,23H,6-7,9-10,13-14H2,1H3,(H,34,37). The average molecular weight is 525 g/mol. The summed E-state index contributed by atoms with van der Waals surface area (Å²) in [4.78, 5) is 33.5. The second kappa shape index (κ2) is 10.4. The molecule has 1 aromatic carbocycles. The Balaban J connectivity index is 1.27. The summed E-state index contributed by atoms with van der Waals surface area (Å²) in [6.07, 6.45) is 2.47. The van der Waals surface area contributed by atoms with E-state index in [1.54, 1.807) is 36.5 Å². The molecule has 2 aliphatic rings. The Kier molecular flexibility index (Phi) is 7.00. The molecule has 0 bridgehead atoms. The number of benzene rings is 1. The number of nitrogens with zero attached hydrogens (tertiary/aromatic N) is 5. The van der Waals surface area contributed by atoms with E-state index in [2.05, 4.69) is 25.4 Å². The highest BCUT2D eigenvalue weighted by atomic mass is 19.4. The summed E-state index contributed by atoms with van der Waals surface area (Å²) in [5.41, 5.74) is 1.49. The fraction of sp³-hybridized carbons (Fsp3) is 0.370. The van der Waals surface area contributed by atoms with E-state index in [-0.39, 0.29) is 11.9 Å². The molecule has 1 aliphatic heterocycles. The van der Waals surface area contributed by atoms with Gasteiger partial charge in [-0.3, -0.25) is 14.6 Å². The molecule has 0 spiro atoms. The van der Waals surface area contributed by atoms with E-state index < -0.39 is 29.4 Å². The fourth-order valence-electron chi connectivity index (χ4n) is 5.29. The van der Waals surface area contributed by atoms with E-state index >= 15 is 0 Å². The lowest BCUT2D eigenvalue weighted by Crippen LogP contribution is -2.45. The first kappa shape index (κ1) is 25.6. The first-order chi connectivity index (χ1) is 18.2. The molecule has 0 saturated carbocycles. The van der Waals surface area contributed by atoms with Crippen LogP contribution in [0.3, 0.4) is 0 Å². The molecule has 1 unspecified atom stereocenters. The number of piperidine rings is 1. The Bertz CT molecular complexity index is 1330. The number of hydrogen-bond donors (Lipinski definition) is 1. The van der Waals surface area contributed by atoms with Crippen LogP contribution >= 0.6 is 0 Å². The van der Waals surface area contributed by atoms with E-state index in [1.807, 2.05) is 12.1 Å². The second-order valence-electron chi connectivity index (χ2n) is 9.61. The van der Waals surface area contributed by atoms with Crippen molar-refractivity contribution in [1.29, 1.82) is 0 Å². The summed E-state index contributed by atoms with van der Waals surface area (Å²) in [5, 5.41) is 10.5. The lowest BCUT2D eigenvalue weighted by atomic mass is 10.00. The molecule has 2 aromatic heterocycles. The number of nitrogens with one attached hydrogen (secondary N) is 1. The third-order valence-electron chi connectivity index (χ3n) is 7.36. The van der Waals surface area contributed by atoms with Crippen LogP contribution in [0.25, 0.3) is 0 Å². The monoisotopic (exact) mass is 524 g/mol. The zero-order valence-corrected chi connectivity index (χ0v) is 20.8. The van der Waals surface area contributed by atoms with Gasteiger partial charge in [0, 0.05) is 37.9 Å². The third kappa shape index (κ3) is 5.18. The van der Waals surface area contributed by atoms with Crippen molar-refractivity contribution in [3.8, 4) is 0 Å². The van der Waals surface area contributed by atoms with Crippen LogP contribution in [0.15, 0.2) is 55.0 Å². The largest absolute Gasteiger partial charge is 0.434 e. The summed E-state index contributed by atoms with van der Waals surface area (Å²) in [5.74, 6) is -0.964. The first-order valence-electron chi connectivity index (χ1n) is 12.5. The first-order valence-corrected chi connectivity index (χ1v) is 12.5. The maximum atomic E-state index is 13.4. The summed E-state index contributed by atoms with van der Waals surface area (Å²) >= 11 is 0. The number of aromatic nitrogens is 3. The van der Waals surface area contributed by atoms with Gasteiger partial charge in [-0.05, 0) is 67.1 Å². The van der Waals surface area contributed by atoms with Gasteiger partial charge >= 0.3 is 6.18 Å². The molecular formula is C27H27F3N6O2. The molecule has 198 valence electrons. The number of carbonyl (C=O) groups is 2. The number of fused-ring (bicyclic) bond motifs is 1. The van der Waals surface area contributed by atoms with Gasteiger partial charge in [0.1, 0.15) is 0 Å². The molecular weight excluding hydrogens is 497 g/mol. The van der Waals surface area contributed by atoms with Crippen LogP contribution in [0, 0.1) is 0 Å². The van der Waals surface area contributed by atoms with Crippen molar-refractivity contribution in [3.63, 3.8) is 0 Å². The maximum absolute atomic E-state index is 13.4. The summed E-state index contributed by atoms with van der Waals surface area (Å²) in [7, 11) is 1.80. The zero-order chi connectivity index (χ0) is 26.9. The number of halogens is 3. The smallest absolute Gasteiger partial charge is 0.370 e. The summed E-state index contributed by atoms with van der Waals surface area (Å²) in [6.45, 7) is 1.58. The van der Waals surface area contributed by atoms with Crippen LogP contribution in [-0.4, -0.2) is 58.1 Å². The quantitative estimate of drug-likeness (QED) is 0.542. The SMILES string of the molecule is CN(C(=O)c1ccc2c(c1)C(NC(=O)c1cccnc1C(F)(F)F)CC2)C1CCN(c2ccnnc2)CC1. The van der Waals surface area contributed by atoms with Crippen LogP contribution in [0.2, 0.25) is 0 Å². The van der Waals surface area contributed by atoms with Crippen molar-refractivity contribution in [3.05, 3.63) is 82.9 Å². The highest BCUT2D eigenvalue weighted by molar-refractivity contribution is 5.96. The lowest BCUT2D eigenvalue weighted by molar-refractivity contribution is -0.141. The molecule has 3 heterocycles.